The molecule has 0 unspecified atom stereocenters. The number of hydrogen-bond donors (Lipinski definition) is 1. The van der Waals surface area contributed by atoms with Crippen LogP contribution in [0.15, 0.2) is 24.4 Å². The van der Waals surface area contributed by atoms with Crippen molar-refractivity contribution < 1.29 is 14.3 Å². The highest BCUT2D eigenvalue weighted by atomic mass is 16.5. The van der Waals surface area contributed by atoms with Gasteiger partial charge in [-0.1, -0.05) is 0 Å². The number of ether oxygens (including phenoxy) is 2. The number of carbonyl (C=O) groups is 1. The zero-order valence-electron chi connectivity index (χ0n) is 12.5. The van der Waals surface area contributed by atoms with E-state index in [1.165, 1.54) is 9.58 Å². The summed E-state index contributed by atoms with van der Waals surface area (Å²) in [4.78, 5) is 13.3. The molecule has 1 heterocycles. The molecule has 1 aromatic heterocycles. The number of nitrogens with two attached hydrogens (primary N) is 1. The van der Waals surface area contributed by atoms with E-state index >= 15 is 0 Å². The van der Waals surface area contributed by atoms with Gasteiger partial charge in [-0.2, -0.15) is 5.10 Å². The normalized spacial score (nSPS) is 10.3. The van der Waals surface area contributed by atoms with Crippen LogP contribution in [0.3, 0.4) is 0 Å². The zero-order chi connectivity index (χ0) is 15.6. The summed E-state index contributed by atoms with van der Waals surface area (Å²) >= 11 is 0. The van der Waals surface area contributed by atoms with E-state index in [0.29, 0.717) is 28.6 Å². The Kier molecular flexibility index (Phi) is 4.02. The van der Waals surface area contributed by atoms with Crippen LogP contribution in [0.1, 0.15) is 10.5 Å². The molecule has 0 fully saturated rings. The maximum Gasteiger partial charge on any atom is 0.273 e. The smallest absolute Gasteiger partial charge is 0.273 e. The Morgan fingerprint density at radius 1 is 1.24 bits per heavy atom. The van der Waals surface area contributed by atoms with Crippen molar-refractivity contribution in [3.63, 3.8) is 0 Å². The Bertz CT molecular complexity index is 664. The molecule has 0 saturated carbocycles. The number of anilines is 1. The van der Waals surface area contributed by atoms with Crippen molar-refractivity contribution >= 4 is 11.6 Å². The number of benzene rings is 1. The summed E-state index contributed by atoms with van der Waals surface area (Å²) in [6.07, 6.45) is 1.67. The van der Waals surface area contributed by atoms with Crippen LogP contribution in [0.25, 0.3) is 5.69 Å². The lowest BCUT2D eigenvalue weighted by atomic mass is 10.2. The largest absolute Gasteiger partial charge is 0.493 e. The summed E-state index contributed by atoms with van der Waals surface area (Å²) < 4.78 is 12.0. The third-order valence-electron chi connectivity index (χ3n) is 2.99. The molecule has 0 saturated heterocycles. The Morgan fingerprint density at radius 2 is 1.86 bits per heavy atom. The van der Waals surface area contributed by atoms with Gasteiger partial charge in [0, 0.05) is 32.4 Å². The van der Waals surface area contributed by atoms with Gasteiger partial charge in [-0.25, -0.2) is 4.68 Å². The molecule has 112 valence electrons. The van der Waals surface area contributed by atoms with E-state index in [1.54, 1.807) is 52.7 Å². The van der Waals surface area contributed by atoms with Crippen molar-refractivity contribution in [3.8, 4) is 17.2 Å². The minimum atomic E-state index is -0.173. The second kappa shape index (κ2) is 5.74. The van der Waals surface area contributed by atoms with Crippen LogP contribution in [0.2, 0.25) is 0 Å². The van der Waals surface area contributed by atoms with E-state index in [2.05, 4.69) is 5.10 Å². The third-order valence-corrected chi connectivity index (χ3v) is 2.99. The molecule has 0 aliphatic rings. The average Bonchev–Trinajstić information content (AvgIpc) is 2.95. The van der Waals surface area contributed by atoms with Crippen LogP contribution in [-0.4, -0.2) is 48.9 Å². The molecule has 0 aliphatic carbocycles. The first kappa shape index (κ1) is 14.7. The Morgan fingerprint density at radius 3 is 2.43 bits per heavy atom. The standard InChI is InChI=1S/C14H18N4O3/c1-17(2)14(19)10-5-6-18(16-10)11-8-13(21-4)12(20-3)7-9(11)15/h5-8H,15H2,1-4H3. The van der Waals surface area contributed by atoms with E-state index in [4.69, 9.17) is 15.2 Å². The average molecular weight is 290 g/mol. The molecule has 1 amide bonds. The molecule has 1 aromatic carbocycles. The fourth-order valence-electron chi connectivity index (χ4n) is 1.88. The molecule has 7 heteroatoms. The SMILES string of the molecule is COc1cc(N)c(-n2ccc(C(=O)N(C)C)n2)cc1OC. The van der Waals surface area contributed by atoms with Gasteiger partial charge in [0.1, 0.15) is 0 Å². The molecule has 0 aliphatic heterocycles. The summed E-state index contributed by atoms with van der Waals surface area (Å²) in [5, 5.41) is 4.24. The number of carbonyl (C=O) groups excluding carboxylic acids is 1. The number of aromatic nitrogens is 2. The van der Waals surface area contributed by atoms with Crippen LogP contribution in [0, 0.1) is 0 Å². The van der Waals surface area contributed by atoms with Crippen molar-refractivity contribution in [2.24, 2.45) is 0 Å². The summed E-state index contributed by atoms with van der Waals surface area (Å²) in [6.45, 7) is 0. The van der Waals surface area contributed by atoms with E-state index < -0.39 is 0 Å². The quantitative estimate of drug-likeness (QED) is 0.855. The maximum atomic E-state index is 11.9. The van der Waals surface area contributed by atoms with Crippen LogP contribution in [0.5, 0.6) is 11.5 Å². The van der Waals surface area contributed by atoms with Gasteiger partial charge >= 0.3 is 0 Å². The molecular weight excluding hydrogens is 272 g/mol. The van der Waals surface area contributed by atoms with E-state index in [9.17, 15) is 4.79 Å². The number of methoxy groups -OCH3 is 2. The van der Waals surface area contributed by atoms with Crippen molar-refractivity contribution in [1.29, 1.82) is 0 Å². The molecule has 0 atom stereocenters. The zero-order valence-corrected chi connectivity index (χ0v) is 12.5. The first-order valence-electron chi connectivity index (χ1n) is 6.27. The summed E-state index contributed by atoms with van der Waals surface area (Å²) in [7, 11) is 6.43. The minimum absolute atomic E-state index is 0.173. The van der Waals surface area contributed by atoms with Gasteiger partial charge in [-0.15, -0.1) is 0 Å². The molecule has 0 spiro atoms. The van der Waals surface area contributed by atoms with Crippen LogP contribution >= 0.6 is 0 Å². The monoisotopic (exact) mass is 290 g/mol. The summed E-state index contributed by atoms with van der Waals surface area (Å²) in [5.74, 6) is 0.904. The van der Waals surface area contributed by atoms with Gasteiger partial charge in [0.15, 0.2) is 17.2 Å². The first-order valence-corrected chi connectivity index (χ1v) is 6.27. The lowest BCUT2D eigenvalue weighted by Crippen LogP contribution is -2.22. The minimum Gasteiger partial charge on any atom is -0.493 e. The second-order valence-electron chi connectivity index (χ2n) is 4.61. The Labute approximate surface area is 122 Å². The van der Waals surface area contributed by atoms with Crippen LogP contribution < -0.4 is 15.2 Å². The number of nitrogen functional groups attached to an aromatic ring is 1. The topological polar surface area (TPSA) is 82.6 Å². The van der Waals surface area contributed by atoms with Gasteiger partial charge in [-0.05, 0) is 6.07 Å². The number of amides is 1. The van der Waals surface area contributed by atoms with Crippen LogP contribution in [-0.2, 0) is 0 Å². The lowest BCUT2D eigenvalue weighted by molar-refractivity contribution is 0.0821. The predicted octanol–water partition coefficient (Wildman–Crippen LogP) is 1.17. The molecule has 2 rings (SSSR count). The summed E-state index contributed by atoms with van der Waals surface area (Å²) in [6, 6.07) is 5.01. The van der Waals surface area contributed by atoms with E-state index in [-0.39, 0.29) is 5.91 Å². The molecule has 21 heavy (non-hydrogen) atoms. The van der Waals surface area contributed by atoms with Crippen molar-refractivity contribution in [2.45, 2.75) is 0 Å². The van der Waals surface area contributed by atoms with Gasteiger partial charge in [0.25, 0.3) is 5.91 Å². The van der Waals surface area contributed by atoms with E-state index in [1.807, 2.05) is 0 Å². The number of nitrogens with zero attached hydrogens (tertiary/aromatic N) is 3. The lowest BCUT2D eigenvalue weighted by Gasteiger charge is -2.12. The highest BCUT2D eigenvalue weighted by Gasteiger charge is 2.15. The summed E-state index contributed by atoms with van der Waals surface area (Å²) in [5.41, 5.74) is 7.44. The molecule has 2 aromatic rings. The van der Waals surface area contributed by atoms with Gasteiger partial charge < -0.3 is 20.1 Å². The Hall–Kier alpha value is -2.70. The molecule has 0 radical (unpaired) electrons. The van der Waals surface area contributed by atoms with Crippen LogP contribution in [0.4, 0.5) is 5.69 Å². The van der Waals surface area contributed by atoms with Gasteiger partial charge in [0.05, 0.1) is 25.6 Å². The third kappa shape index (κ3) is 2.76. The highest BCUT2D eigenvalue weighted by molar-refractivity contribution is 5.91. The fourth-order valence-corrected chi connectivity index (χ4v) is 1.88. The Balaban J connectivity index is 2.45. The molecule has 2 N–H and O–H groups in total. The highest BCUT2D eigenvalue weighted by Crippen LogP contribution is 2.33. The second-order valence-corrected chi connectivity index (χ2v) is 4.61. The molecule has 7 nitrogen and oxygen atoms in total. The van der Waals surface area contributed by atoms with Crippen molar-refractivity contribution in [3.05, 3.63) is 30.1 Å². The molecule has 0 bridgehead atoms. The number of hydrogen-bond acceptors (Lipinski definition) is 5. The van der Waals surface area contributed by atoms with Gasteiger partial charge in [-0.3, -0.25) is 4.79 Å². The molecular formula is C14H18N4O3. The predicted molar refractivity (Wildman–Crippen MR) is 79.1 cm³/mol. The first-order chi connectivity index (χ1) is 9.97. The fraction of sp³-hybridized carbons (Fsp3) is 0.286. The van der Waals surface area contributed by atoms with Crippen molar-refractivity contribution in [2.75, 3.05) is 34.0 Å². The number of rotatable bonds is 4. The van der Waals surface area contributed by atoms with E-state index in [0.717, 1.165) is 0 Å². The van der Waals surface area contributed by atoms with Gasteiger partial charge in [0.2, 0.25) is 0 Å². The van der Waals surface area contributed by atoms with Crippen molar-refractivity contribution in [1.82, 2.24) is 14.7 Å². The maximum absolute atomic E-state index is 11.9.